The molecule has 24 heavy (non-hydrogen) atoms. The first-order valence-corrected chi connectivity index (χ1v) is 9.71. The Kier molecular flexibility index (Phi) is 4.56. The molecule has 2 atom stereocenters. The third-order valence-electron chi connectivity index (χ3n) is 4.98. The van der Waals surface area contributed by atoms with Gasteiger partial charge in [0.25, 0.3) is 0 Å². The number of urea groups is 1. The number of rotatable bonds is 4. The van der Waals surface area contributed by atoms with Crippen LogP contribution in [-0.2, 0) is 0 Å². The number of hydrogen-bond donors (Lipinski definition) is 1. The van der Waals surface area contributed by atoms with E-state index >= 15 is 0 Å². The minimum absolute atomic E-state index is 0.0189. The van der Waals surface area contributed by atoms with Gasteiger partial charge in [0.05, 0.1) is 18.3 Å². The maximum atomic E-state index is 13.0. The van der Waals surface area contributed by atoms with Crippen LogP contribution in [0, 0.1) is 5.92 Å². The highest BCUT2D eigenvalue weighted by Crippen LogP contribution is 2.42. The molecular weight excluding hydrogens is 322 g/mol. The highest BCUT2D eigenvalue weighted by molar-refractivity contribution is 7.09. The van der Waals surface area contributed by atoms with Crippen molar-refractivity contribution in [2.24, 2.45) is 5.92 Å². The summed E-state index contributed by atoms with van der Waals surface area (Å²) in [6.07, 6.45) is 10.2. The lowest BCUT2D eigenvalue weighted by atomic mass is 10.1. The zero-order valence-corrected chi connectivity index (χ0v) is 14.5. The summed E-state index contributed by atoms with van der Waals surface area (Å²) in [5, 5.41) is 6.27. The number of amides is 2. The van der Waals surface area contributed by atoms with Crippen LogP contribution in [0.1, 0.15) is 61.4 Å². The van der Waals surface area contributed by atoms with Gasteiger partial charge in [0.1, 0.15) is 10.8 Å². The smallest absolute Gasteiger partial charge is 0.318 e. The van der Waals surface area contributed by atoms with Gasteiger partial charge in [0.15, 0.2) is 0 Å². The van der Waals surface area contributed by atoms with E-state index in [1.54, 1.807) is 17.6 Å². The average Bonchev–Trinajstić information content (AvgIpc) is 3.11. The highest BCUT2D eigenvalue weighted by atomic mass is 32.1. The van der Waals surface area contributed by atoms with E-state index in [1.807, 2.05) is 28.6 Å². The molecule has 1 N–H and O–H groups in total. The van der Waals surface area contributed by atoms with Crippen LogP contribution in [0.4, 0.5) is 4.79 Å². The molecule has 0 spiro atoms. The molecule has 5 nitrogen and oxygen atoms in total. The van der Waals surface area contributed by atoms with Crippen LogP contribution in [-0.4, -0.2) is 22.5 Å². The minimum Gasteiger partial charge on any atom is -0.467 e. The van der Waals surface area contributed by atoms with Gasteiger partial charge in [0.2, 0.25) is 0 Å². The lowest BCUT2D eigenvalue weighted by Gasteiger charge is -2.30. The molecule has 2 amide bonds. The van der Waals surface area contributed by atoms with Gasteiger partial charge >= 0.3 is 6.03 Å². The summed E-state index contributed by atoms with van der Waals surface area (Å²) in [5.41, 5.74) is 0. The largest absolute Gasteiger partial charge is 0.467 e. The quantitative estimate of drug-likeness (QED) is 0.886. The normalized spacial score (nSPS) is 22.8. The molecule has 2 fully saturated rings. The molecule has 4 rings (SSSR count). The summed E-state index contributed by atoms with van der Waals surface area (Å²) in [4.78, 5) is 19.4. The molecule has 2 aromatic heterocycles. The monoisotopic (exact) mass is 345 g/mol. The SMILES string of the molecule is O=C(N[C@H](c1nccs1)C1CC1)N1CCCCC[C@@H]1c1ccco1. The third-order valence-corrected chi connectivity index (χ3v) is 5.83. The number of likely N-dealkylation sites (tertiary alicyclic amines) is 1. The van der Waals surface area contributed by atoms with E-state index < -0.39 is 0 Å². The fourth-order valence-corrected chi connectivity index (χ4v) is 4.32. The second kappa shape index (κ2) is 6.97. The number of hydrogen-bond acceptors (Lipinski definition) is 4. The summed E-state index contributed by atoms with van der Waals surface area (Å²) in [6.45, 7) is 0.784. The zero-order chi connectivity index (χ0) is 16.4. The summed E-state index contributed by atoms with van der Waals surface area (Å²) >= 11 is 1.63. The molecule has 1 aliphatic carbocycles. The Morgan fingerprint density at radius 2 is 2.25 bits per heavy atom. The lowest BCUT2D eigenvalue weighted by Crippen LogP contribution is -2.44. The Hall–Kier alpha value is -1.82. The first kappa shape index (κ1) is 15.7. The Balaban J connectivity index is 1.52. The van der Waals surface area contributed by atoms with Crippen molar-refractivity contribution in [3.63, 3.8) is 0 Å². The van der Waals surface area contributed by atoms with Crippen LogP contribution in [0.15, 0.2) is 34.4 Å². The van der Waals surface area contributed by atoms with Crippen molar-refractivity contribution in [2.75, 3.05) is 6.54 Å². The molecule has 0 aromatic carbocycles. The van der Waals surface area contributed by atoms with Gasteiger partial charge in [-0.25, -0.2) is 9.78 Å². The molecule has 1 saturated carbocycles. The zero-order valence-electron chi connectivity index (χ0n) is 13.7. The highest BCUT2D eigenvalue weighted by Gasteiger charge is 2.37. The van der Waals surface area contributed by atoms with E-state index in [0.29, 0.717) is 5.92 Å². The predicted octanol–water partition coefficient (Wildman–Crippen LogP) is 4.51. The van der Waals surface area contributed by atoms with Gasteiger partial charge < -0.3 is 14.6 Å². The predicted molar refractivity (Wildman–Crippen MR) is 92.7 cm³/mol. The van der Waals surface area contributed by atoms with Crippen LogP contribution in [0.25, 0.3) is 0 Å². The van der Waals surface area contributed by atoms with Crippen molar-refractivity contribution in [2.45, 2.75) is 50.6 Å². The van der Waals surface area contributed by atoms with E-state index in [2.05, 4.69) is 10.3 Å². The van der Waals surface area contributed by atoms with E-state index in [1.165, 1.54) is 19.3 Å². The van der Waals surface area contributed by atoms with Gasteiger partial charge in [-0.3, -0.25) is 0 Å². The van der Waals surface area contributed by atoms with E-state index in [9.17, 15) is 4.79 Å². The number of aromatic nitrogens is 1. The van der Waals surface area contributed by atoms with Crippen molar-refractivity contribution in [1.29, 1.82) is 0 Å². The van der Waals surface area contributed by atoms with Crippen molar-refractivity contribution < 1.29 is 9.21 Å². The minimum atomic E-state index is 0.0189. The van der Waals surface area contributed by atoms with Crippen LogP contribution in [0.5, 0.6) is 0 Å². The number of nitrogens with one attached hydrogen (secondary N) is 1. The summed E-state index contributed by atoms with van der Waals surface area (Å²) in [6, 6.07) is 4.00. The third kappa shape index (κ3) is 3.34. The molecular formula is C18H23N3O2S. The molecule has 0 bridgehead atoms. The standard InChI is InChI=1S/C18H23N3O2S/c22-18(20-16(13-7-8-13)17-19-9-12-24-17)21-10-3-1-2-5-14(21)15-6-4-11-23-15/h4,6,9,11-14,16H,1-3,5,7-8,10H2,(H,20,22)/t14-,16+/m1/s1. The lowest BCUT2D eigenvalue weighted by molar-refractivity contribution is 0.161. The van der Waals surface area contributed by atoms with E-state index in [4.69, 9.17) is 4.42 Å². The molecule has 3 heterocycles. The van der Waals surface area contributed by atoms with Crippen LogP contribution >= 0.6 is 11.3 Å². The number of carbonyl (C=O) groups is 1. The molecule has 1 aliphatic heterocycles. The molecule has 0 radical (unpaired) electrons. The molecule has 128 valence electrons. The maximum Gasteiger partial charge on any atom is 0.318 e. The van der Waals surface area contributed by atoms with Gasteiger partial charge in [0, 0.05) is 18.1 Å². The molecule has 6 heteroatoms. The van der Waals surface area contributed by atoms with Crippen molar-refractivity contribution in [1.82, 2.24) is 15.2 Å². The average molecular weight is 345 g/mol. The number of carbonyl (C=O) groups excluding carboxylic acids is 1. The van der Waals surface area contributed by atoms with Crippen molar-refractivity contribution in [3.05, 3.63) is 40.7 Å². The Bertz CT molecular complexity index is 652. The maximum absolute atomic E-state index is 13.0. The van der Waals surface area contributed by atoms with Gasteiger partial charge in [-0.15, -0.1) is 11.3 Å². The first-order chi connectivity index (χ1) is 11.8. The fourth-order valence-electron chi connectivity index (χ4n) is 3.54. The number of furan rings is 1. The first-order valence-electron chi connectivity index (χ1n) is 8.83. The fraction of sp³-hybridized carbons (Fsp3) is 0.556. The Labute approximate surface area is 146 Å². The molecule has 1 saturated heterocycles. The van der Waals surface area contributed by atoms with Crippen molar-refractivity contribution >= 4 is 17.4 Å². The van der Waals surface area contributed by atoms with E-state index in [0.717, 1.165) is 36.6 Å². The second-order valence-electron chi connectivity index (χ2n) is 6.71. The molecule has 0 unspecified atom stereocenters. The summed E-state index contributed by atoms with van der Waals surface area (Å²) in [7, 11) is 0. The number of nitrogens with zero attached hydrogens (tertiary/aromatic N) is 2. The van der Waals surface area contributed by atoms with Gasteiger partial charge in [-0.2, -0.15) is 0 Å². The topological polar surface area (TPSA) is 58.4 Å². The Morgan fingerprint density at radius 3 is 2.96 bits per heavy atom. The van der Waals surface area contributed by atoms with Crippen molar-refractivity contribution in [3.8, 4) is 0 Å². The summed E-state index contributed by atoms with van der Waals surface area (Å²) < 4.78 is 5.61. The van der Waals surface area contributed by atoms with Crippen LogP contribution in [0.3, 0.4) is 0 Å². The molecule has 2 aliphatic rings. The second-order valence-corrected chi connectivity index (χ2v) is 7.64. The molecule has 2 aromatic rings. The summed E-state index contributed by atoms with van der Waals surface area (Å²) in [5.74, 6) is 1.43. The number of thiazole rings is 1. The van der Waals surface area contributed by atoms with Crippen LogP contribution in [0.2, 0.25) is 0 Å². The van der Waals surface area contributed by atoms with Crippen LogP contribution < -0.4 is 5.32 Å². The van der Waals surface area contributed by atoms with E-state index in [-0.39, 0.29) is 18.1 Å². The van der Waals surface area contributed by atoms with Gasteiger partial charge in [-0.1, -0.05) is 12.8 Å². The van der Waals surface area contributed by atoms with Gasteiger partial charge in [-0.05, 0) is 43.7 Å². The Morgan fingerprint density at radius 1 is 1.33 bits per heavy atom.